The van der Waals surface area contributed by atoms with Gasteiger partial charge in [-0.05, 0) is 30.2 Å². The molecule has 0 saturated carbocycles. The van der Waals surface area contributed by atoms with Crippen LogP contribution in [0.25, 0.3) is 0 Å². The standard InChI is InChI=1S/C27H32N6O5S/c28-21-17-39-18-23(21)31-26(34)22-4-2-19(15-29-22)16-33(7-1-6-32-8-10-36-11-9-32)27(35)30-20-3-5-24-25(14-20)38-13-12-37-24/h2-5,14-15,17-18H,1,6-13,16,28H2,(H,30,35)(H,31,34). The molecule has 4 N–H and O–H groups in total. The number of pyridine rings is 1. The number of ether oxygens (including phenoxy) is 3. The number of morpholine rings is 1. The van der Waals surface area contributed by atoms with Gasteiger partial charge in [0.15, 0.2) is 11.5 Å². The molecule has 2 aromatic heterocycles. The number of amides is 3. The number of anilines is 3. The largest absolute Gasteiger partial charge is 0.486 e. The quantitative estimate of drug-likeness (QED) is 0.368. The van der Waals surface area contributed by atoms with E-state index in [2.05, 4.69) is 20.5 Å². The second-order valence-corrected chi connectivity index (χ2v) is 10.0. The Hall–Kier alpha value is -3.87. The first-order valence-corrected chi connectivity index (χ1v) is 13.8. The molecule has 4 heterocycles. The summed E-state index contributed by atoms with van der Waals surface area (Å²) in [4.78, 5) is 34.4. The summed E-state index contributed by atoms with van der Waals surface area (Å²) >= 11 is 1.41. The summed E-state index contributed by atoms with van der Waals surface area (Å²) in [5.74, 6) is 0.934. The third-order valence-electron chi connectivity index (χ3n) is 6.46. The summed E-state index contributed by atoms with van der Waals surface area (Å²) in [6.45, 7) is 6.00. The van der Waals surface area contributed by atoms with Crippen LogP contribution in [-0.2, 0) is 11.3 Å². The van der Waals surface area contributed by atoms with Crippen molar-refractivity contribution in [3.05, 3.63) is 58.5 Å². The highest BCUT2D eigenvalue weighted by molar-refractivity contribution is 7.09. The van der Waals surface area contributed by atoms with E-state index in [-0.39, 0.29) is 17.6 Å². The zero-order valence-electron chi connectivity index (χ0n) is 21.6. The molecule has 0 radical (unpaired) electrons. The molecule has 1 aromatic carbocycles. The lowest BCUT2D eigenvalue weighted by molar-refractivity contribution is 0.0365. The van der Waals surface area contributed by atoms with E-state index in [1.165, 1.54) is 11.3 Å². The summed E-state index contributed by atoms with van der Waals surface area (Å²) < 4.78 is 16.7. The lowest BCUT2D eigenvalue weighted by Gasteiger charge is -2.28. The number of fused-ring (bicyclic) bond motifs is 1. The Morgan fingerprint density at radius 3 is 2.59 bits per heavy atom. The summed E-state index contributed by atoms with van der Waals surface area (Å²) in [7, 11) is 0. The van der Waals surface area contributed by atoms with Crippen LogP contribution in [0.15, 0.2) is 47.3 Å². The molecule has 206 valence electrons. The zero-order valence-corrected chi connectivity index (χ0v) is 22.4. The molecular formula is C27H32N6O5S. The van der Waals surface area contributed by atoms with Gasteiger partial charge in [-0.3, -0.25) is 14.7 Å². The van der Waals surface area contributed by atoms with Gasteiger partial charge in [0.2, 0.25) is 0 Å². The fourth-order valence-electron chi connectivity index (χ4n) is 4.35. The molecule has 39 heavy (non-hydrogen) atoms. The van der Waals surface area contributed by atoms with Gasteiger partial charge in [0.1, 0.15) is 18.9 Å². The Morgan fingerprint density at radius 2 is 1.85 bits per heavy atom. The summed E-state index contributed by atoms with van der Waals surface area (Å²) in [5.41, 5.74) is 8.65. The van der Waals surface area contributed by atoms with E-state index >= 15 is 0 Å². The van der Waals surface area contributed by atoms with Crippen molar-refractivity contribution >= 4 is 40.3 Å². The molecule has 11 nitrogen and oxygen atoms in total. The number of hydrogen-bond donors (Lipinski definition) is 3. The minimum Gasteiger partial charge on any atom is -0.486 e. The number of carbonyl (C=O) groups excluding carboxylic acids is 2. The van der Waals surface area contributed by atoms with Crippen molar-refractivity contribution in [3.8, 4) is 11.5 Å². The first-order valence-electron chi connectivity index (χ1n) is 12.9. The molecule has 0 unspecified atom stereocenters. The van der Waals surface area contributed by atoms with Crippen LogP contribution < -0.4 is 25.8 Å². The van der Waals surface area contributed by atoms with Crippen LogP contribution in [0.3, 0.4) is 0 Å². The van der Waals surface area contributed by atoms with Gasteiger partial charge >= 0.3 is 6.03 Å². The van der Waals surface area contributed by atoms with E-state index in [9.17, 15) is 9.59 Å². The van der Waals surface area contributed by atoms with Crippen molar-refractivity contribution in [1.29, 1.82) is 0 Å². The van der Waals surface area contributed by atoms with Crippen LogP contribution in [0.2, 0.25) is 0 Å². The van der Waals surface area contributed by atoms with Crippen LogP contribution in [-0.4, -0.2) is 79.3 Å². The molecule has 0 atom stereocenters. The number of carbonyl (C=O) groups is 2. The Kier molecular flexibility index (Phi) is 8.76. The lowest BCUT2D eigenvalue weighted by atomic mass is 10.2. The van der Waals surface area contributed by atoms with E-state index < -0.39 is 0 Å². The molecule has 1 fully saturated rings. The normalized spacial score (nSPS) is 15.0. The fraction of sp³-hybridized carbons (Fsp3) is 0.370. The van der Waals surface area contributed by atoms with Crippen molar-refractivity contribution in [1.82, 2.24) is 14.8 Å². The van der Waals surface area contributed by atoms with Crippen LogP contribution in [0, 0.1) is 0 Å². The zero-order chi connectivity index (χ0) is 27.0. The van der Waals surface area contributed by atoms with Crippen LogP contribution >= 0.6 is 11.3 Å². The van der Waals surface area contributed by atoms with Crippen molar-refractivity contribution in [2.45, 2.75) is 13.0 Å². The minimum absolute atomic E-state index is 0.233. The van der Waals surface area contributed by atoms with Crippen LogP contribution in [0.5, 0.6) is 11.5 Å². The highest BCUT2D eigenvalue weighted by Crippen LogP contribution is 2.32. The number of nitrogens with one attached hydrogen (secondary N) is 2. The average Bonchev–Trinajstić information content (AvgIpc) is 3.37. The molecular weight excluding hydrogens is 520 g/mol. The first kappa shape index (κ1) is 26.7. The molecule has 5 rings (SSSR count). The number of aromatic nitrogens is 1. The summed E-state index contributed by atoms with van der Waals surface area (Å²) in [6.07, 6.45) is 2.43. The van der Waals surface area contributed by atoms with Crippen LogP contribution in [0.1, 0.15) is 22.5 Å². The van der Waals surface area contributed by atoms with Crippen molar-refractivity contribution in [2.75, 3.05) is 69.0 Å². The van der Waals surface area contributed by atoms with E-state index in [4.69, 9.17) is 19.9 Å². The SMILES string of the molecule is Nc1cscc1NC(=O)c1ccc(CN(CCCN2CCOCC2)C(=O)Nc2ccc3c(c2)OCCO3)cn1. The molecule has 0 bridgehead atoms. The van der Waals surface area contributed by atoms with Crippen molar-refractivity contribution in [2.24, 2.45) is 0 Å². The smallest absolute Gasteiger partial charge is 0.322 e. The average molecular weight is 553 g/mol. The molecule has 12 heteroatoms. The van der Waals surface area contributed by atoms with Crippen molar-refractivity contribution in [3.63, 3.8) is 0 Å². The highest BCUT2D eigenvalue weighted by atomic mass is 32.1. The first-order chi connectivity index (χ1) is 19.0. The Morgan fingerprint density at radius 1 is 1.03 bits per heavy atom. The second-order valence-electron chi connectivity index (χ2n) is 9.26. The van der Waals surface area contributed by atoms with Crippen LogP contribution in [0.4, 0.5) is 21.9 Å². The number of thiophene rings is 1. The molecule has 2 aliphatic heterocycles. The second kappa shape index (κ2) is 12.8. The third-order valence-corrected chi connectivity index (χ3v) is 7.22. The Labute approximate surface area is 230 Å². The van der Waals surface area contributed by atoms with E-state index in [1.807, 2.05) is 6.07 Å². The molecule has 0 spiro atoms. The maximum absolute atomic E-state index is 13.4. The van der Waals surface area contributed by atoms with Gasteiger partial charge in [0.25, 0.3) is 5.91 Å². The number of urea groups is 1. The number of nitrogen functional groups attached to an aromatic ring is 1. The topological polar surface area (TPSA) is 131 Å². The van der Waals surface area contributed by atoms with Gasteiger partial charge in [-0.2, -0.15) is 0 Å². The molecule has 2 aliphatic rings. The number of nitrogens with zero attached hydrogens (tertiary/aromatic N) is 3. The monoisotopic (exact) mass is 552 g/mol. The maximum atomic E-state index is 13.4. The van der Waals surface area contributed by atoms with E-state index in [0.29, 0.717) is 54.9 Å². The third kappa shape index (κ3) is 7.16. The van der Waals surface area contributed by atoms with E-state index in [1.54, 1.807) is 46.1 Å². The predicted octanol–water partition coefficient (Wildman–Crippen LogP) is 3.51. The van der Waals surface area contributed by atoms with Gasteiger partial charge in [-0.15, -0.1) is 11.3 Å². The lowest BCUT2D eigenvalue weighted by Crippen LogP contribution is -2.40. The Balaban J connectivity index is 1.24. The van der Waals surface area contributed by atoms with Gasteiger partial charge in [0, 0.05) is 61.4 Å². The summed E-state index contributed by atoms with van der Waals surface area (Å²) in [6, 6.07) is 8.59. The Bertz CT molecular complexity index is 1280. The molecule has 0 aliphatic carbocycles. The number of nitrogens with two attached hydrogens (primary N) is 1. The minimum atomic E-state index is -0.342. The van der Waals surface area contributed by atoms with Gasteiger partial charge < -0.3 is 35.5 Å². The highest BCUT2D eigenvalue weighted by Gasteiger charge is 2.19. The van der Waals surface area contributed by atoms with Crippen molar-refractivity contribution < 1.29 is 23.8 Å². The summed E-state index contributed by atoms with van der Waals surface area (Å²) in [5, 5.41) is 9.29. The molecule has 3 aromatic rings. The number of rotatable bonds is 9. The van der Waals surface area contributed by atoms with E-state index in [0.717, 1.165) is 44.8 Å². The number of hydrogen-bond acceptors (Lipinski definition) is 9. The predicted molar refractivity (Wildman–Crippen MR) is 150 cm³/mol. The van der Waals surface area contributed by atoms with Gasteiger partial charge in [0.05, 0.1) is 24.6 Å². The fourth-order valence-corrected chi connectivity index (χ4v) is 5.03. The number of benzene rings is 1. The maximum Gasteiger partial charge on any atom is 0.322 e. The molecule has 3 amide bonds. The molecule has 1 saturated heterocycles. The van der Waals surface area contributed by atoms with Gasteiger partial charge in [-0.25, -0.2) is 4.79 Å². The van der Waals surface area contributed by atoms with Gasteiger partial charge in [-0.1, -0.05) is 6.07 Å².